The Morgan fingerprint density at radius 2 is 2.00 bits per heavy atom. The summed E-state index contributed by atoms with van der Waals surface area (Å²) in [6.07, 6.45) is 0.690. The summed E-state index contributed by atoms with van der Waals surface area (Å²) in [5, 5.41) is 21.6. The van der Waals surface area contributed by atoms with Crippen LogP contribution in [0.3, 0.4) is 0 Å². The molecule has 0 bridgehead atoms. The number of carbonyl (C=O) groups excluding carboxylic acids is 1. The van der Waals surface area contributed by atoms with E-state index in [1.165, 1.54) is 17.8 Å². The van der Waals surface area contributed by atoms with Gasteiger partial charge in [0, 0.05) is 12.7 Å². The van der Waals surface area contributed by atoms with E-state index in [0.29, 0.717) is 11.3 Å². The molecule has 3 N–H and O–H groups in total. The van der Waals surface area contributed by atoms with Gasteiger partial charge in [-0.1, -0.05) is 45.0 Å². The molecule has 1 unspecified atom stereocenters. The highest BCUT2D eigenvalue weighted by atomic mass is 16.3. The summed E-state index contributed by atoms with van der Waals surface area (Å²) in [7, 11) is 0. The molecule has 1 aromatic carbocycles. The molecule has 0 radical (unpaired) electrons. The van der Waals surface area contributed by atoms with Gasteiger partial charge in [-0.15, -0.1) is 0 Å². The first-order chi connectivity index (χ1) is 10.8. The monoisotopic (exact) mass is 311 g/mol. The number of carbonyl (C=O) groups is 1. The van der Waals surface area contributed by atoms with E-state index in [-0.39, 0.29) is 17.9 Å². The molecule has 1 atom stereocenters. The van der Waals surface area contributed by atoms with Crippen molar-refractivity contribution in [3.05, 3.63) is 58.9 Å². The van der Waals surface area contributed by atoms with Crippen LogP contribution in [-0.2, 0) is 5.41 Å². The van der Waals surface area contributed by atoms with Gasteiger partial charge in [-0.2, -0.15) is 5.26 Å². The lowest BCUT2D eigenvalue weighted by atomic mass is 9.86. The Labute approximate surface area is 136 Å². The summed E-state index contributed by atoms with van der Waals surface area (Å²) in [6, 6.07) is 11.2. The molecule has 23 heavy (non-hydrogen) atoms. The van der Waals surface area contributed by atoms with Crippen molar-refractivity contribution >= 4 is 5.91 Å². The van der Waals surface area contributed by atoms with Gasteiger partial charge >= 0.3 is 0 Å². The van der Waals surface area contributed by atoms with Gasteiger partial charge in [0.2, 0.25) is 0 Å². The lowest BCUT2D eigenvalue weighted by molar-refractivity contribution is 0.0912. The molecule has 0 saturated carbocycles. The third kappa shape index (κ3) is 4.21. The summed E-state index contributed by atoms with van der Waals surface area (Å²) in [4.78, 5) is 14.7. The van der Waals surface area contributed by atoms with Gasteiger partial charge < -0.3 is 15.4 Å². The smallest absolute Gasteiger partial charge is 0.267 e. The second kappa shape index (κ2) is 6.67. The highest BCUT2D eigenvalue weighted by Crippen LogP contribution is 2.23. The molecule has 1 amide bonds. The third-order valence-electron chi connectivity index (χ3n) is 3.67. The van der Waals surface area contributed by atoms with Crippen molar-refractivity contribution in [2.75, 3.05) is 6.54 Å². The number of aromatic amines is 1. The number of aromatic nitrogens is 1. The van der Waals surface area contributed by atoms with Crippen LogP contribution in [0.5, 0.6) is 0 Å². The van der Waals surface area contributed by atoms with E-state index < -0.39 is 6.10 Å². The molecule has 0 spiro atoms. The predicted molar refractivity (Wildman–Crippen MR) is 87.9 cm³/mol. The molecule has 5 nitrogen and oxygen atoms in total. The number of hydrogen-bond donors (Lipinski definition) is 3. The number of aliphatic hydroxyl groups is 1. The van der Waals surface area contributed by atoms with Crippen molar-refractivity contribution in [3.8, 4) is 6.07 Å². The van der Waals surface area contributed by atoms with Gasteiger partial charge in [-0.05, 0) is 22.6 Å². The Morgan fingerprint density at radius 3 is 2.52 bits per heavy atom. The molecule has 5 heteroatoms. The SMILES string of the molecule is CC(C)(C)c1ccc(C(O)CNC(=O)c2cc(C#N)c[nH]2)cc1. The first kappa shape index (κ1) is 16.8. The fraction of sp³-hybridized carbons (Fsp3) is 0.333. The van der Waals surface area contributed by atoms with Gasteiger partial charge in [0.25, 0.3) is 5.91 Å². The molecule has 0 fully saturated rings. The van der Waals surface area contributed by atoms with Crippen LogP contribution >= 0.6 is 0 Å². The minimum atomic E-state index is -0.779. The number of hydrogen-bond acceptors (Lipinski definition) is 3. The fourth-order valence-corrected chi connectivity index (χ4v) is 2.20. The molecule has 0 aliphatic rings. The second-order valence-electron chi connectivity index (χ2n) is 6.51. The number of aliphatic hydroxyl groups excluding tert-OH is 1. The molecule has 120 valence electrons. The number of H-pyrrole nitrogens is 1. The summed E-state index contributed by atoms with van der Waals surface area (Å²) in [5.74, 6) is -0.350. The average molecular weight is 311 g/mol. The number of benzene rings is 1. The maximum absolute atomic E-state index is 11.9. The van der Waals surface area contributed by atoms with Gasteiger partial charge in [-0.25, -0.2) is 0 Å². The Kier molecular flexibility index (Phi) is 4.87. The van der Waals surface area contributed by atoms with Crippen molar-refractivity contribution in [1.29, 1.82) is 5.26 Å². The molecule has 2 rings (SSSR count). The fourth-order valence-electron chi connectivity index (χ4n) is 2.20. The van der Waals surface area contributed by atoms with Crippen molar-refractivity contribution in [2.45, 2.75) is 32.3 Å². The Bertz CT molecular complexity index is 718. The van der Waals surface area contributed by atoms with Crippen molar-refractivity contribution in [2.24, 2.45) is 0 Å². The highest BCUT2D eigenvalue weighted by Gasteiger charge is 2.15. The van der Waals surface area contributed by atoms with Crippen LogP contribution < -0.4 is 5.32 Å². The van der Waals surface area contributed by atoms with Crippen molar-refractivity contribution < 1.29 is 9.90 Å². The highest BCUT2D eigenvalue weighted by molar-refractivity contribution is 5.92. The quantitative estimate of drug-likeness (QED) is 0.811. The minimum Gasteiger partial charge on any atom is -0.387 e. The zero-order valence-corrected chi connectivity index (χ0v) is 13.6. The number of nitrogens with zero attached hydrogens (tertiary/aromatic N) is 1. The van der Waals surface area contributed by atoms with Gasteiger partial charge in [-0.3, -0.25) is 4.79 Å². The molecule has 1 aromatic heterocycles. The first-order valence-electron chi connectivity index (χ1n) is 7.46. The lowest BCUT2D eigenvalue weighted by Gasteiger charge is -2.20. The van der Waals surface area contributed by atoms with E-state index >= 15 is 0 Å². The van der Waals surface area contributed by atoms with E-state index in [0.717, 1.165) is 5.56 Å². The van der Waals surface area contributed by atoms with Crippen LogP contribution in [0.15, 0.2) is 36.5 Å². The standard InChI is InChI=1S/C18H21N3O2/c1-18(2,3)14-6-4-13(5-7-14)16(22)11-21-17(23)15-8-12(9-19)10-20-15/h4-8,10,16,20,22H,11H2,1-3H3,(H,21,23). The van der Waals surface area contributed by atoms with Crippen molar-refractivity contribution in [1.82, 2.24) is 10.3 Å². The summed E-state index contributed by atoms with van der Waals surface area (Å²) in [5.41, 5.74) is 2.70. The zero-order chi connectivity index (χ0) is 17.0. The van der Waals surface area contributed by atoms with Crippen LogP contribution in [0, 0.1) is 11.3 Å². The van der Waals surface area contributed by atoms with Gasteiger partial charge in [0.1, 0.15) is 11.8 Å². The zero-order valence-electron chi connectivity index (χ0n) is 13.6. The molecule has 0 aliphatic heterocycles. The Balaban J connectivity index is 1.95. The van der Waals surface area contributed by atoms with Crippen LogP contribution in [0.1, 0.15) is 54.1 Å². The minimum absolute atomic E-state index is 0.0593. The summed E-state index contributed by atoms with van der Waals surface area (Å²) < 4.78 is 0. The topological polar surface area (TPSA) is 88.9 Å². The van der Waals surface area contributed by atoms with Crippen LogP contribution in [0.25, 0.3) is 0 Å². The van der Waals surface area contributed by atoms with E-state index in [4.69, 9.17) is 5.26 Å². The van der Waals surface area contributed by atoms with E-state index in [9.17, 15) is 9.90 Å². The Hall–Kier alpha value is -2.58. The molecule has 0 aliphatic carbocycles. The first-order valence-corrected chi connectivity index (χ1v) is 7.46. The molecular formula is C18H21N3O2. The average Bonchev–Trinajstić information content (AvgIpc) is 3.00. The van der Waals surface area contributed by atoms with E-state index in [1.807, 2.05) is 30.3 Å². The van der Waals surface area contributed by atoms with E-state index in [1.54, 1.807) is 0 Å². The predicted octanol–water partition coefficient (Wildman–Crippen LogP) is 2.65. The maximum atomic E-state index is 11.9. The second-order valence-corrected chi connectivity index (χ2v) is 6.51. The normalized spacial score (nSPS) is 12.5. The molecule has 2 aromatic rings. The van der Waals surface area contributed by atoms with Crippen LogP contribution in [-0.4, -0.2) is 22.5 Å². The maximum Gasteiger partial charge on any atom is 0.267 e. The number of nitrogens with one attached hydrogen (secondary N) is 2. The summed E-state index contributed by atoms with van der Waals surface area (Å²) in [6.45, 7) is 6.49. The molecule has 0 saturated heterocycles. The van der Waals surface area contributed by atoms with Crippen molar-refractivity contribution in [3.63, 3.8) is 0 Å². The van der Waals surface area contributed by atoms with E-state index in [2.05, 4.69) is 31.1 Å². The third-order valence-corrected chi connectivity index (χ3v) is 3.67. The largest absolute Gasteiger partial charge is 0.387 e. The number of rotatable bonds is 4. The summed E-state index contributed by atoms with van der Waals surface area (Å²) >= 11 is 0. The number of nitriles is 1. The van der Waals surface area contributed by atoms with Gasteiger partial charge in [0.15, 0.2) is 0 Å². The van der Waals surface area contributed by atoms with Crippen LogP contribution in [0.4, 0.5) is 0 Å². The molecular weight excluding hydrogens is 290 g/mol. The van der Waals surface area contributed by atoms with Crippen LogP contribution in [0.2, 0.25) is 0 Å². The van der Waals surface area contributed by atoms with Gasteiger partial charge in [0.05, 0.1) is 11.7 Å². The number of amides is 1. The lowest BCUT2D eigenvalue weighted by Crippen LogP contribution is -2.28. The molecule has 1 heterocycles. The Morgan fingerprint density at radius 1 is 1.35 bits per heavy atom.